The van der Waals surface area contributed by atoms with Crippen molar-refractivity contribution >= 4 is 11.5 Å². The Morgan fingerprint density at radius 3 is 2.96 bits per heavy atom. The molecule has 1 heterocycles. The van der Waals surface area contributed by atoms with Crippen molar-refractivity contribution in [1.29, 1.82) is 0 Å². The second kappa shape index (κ2) is 5.96. The molecule has 0 spiro atoms. The fraction of sp³-hybridized carbons (Fsp3) is 0.353. The van der Waals surface area contributed by atoms with Crippen LogP contribution in [0, 0.1) is 17.0 Å². The van der Waals surface area contributed by atoms with E-state index in [1.165, 1.54) is 17.8 Å². The first-order valence-electron chi connectivity index (χ1n) is 7.65. The number of hydrogen-bond donors (Lipinski definition) is 2. The number of nitrogens with one attached hydrogen (secondary N) is 1. The molecule has 1 aromatic carbocycles. The third kappa shape index (κ3) is 3.03. The quantitative estimate of drug-likeness (QED) is 0.669. The van der Waals surface area contributed by atoms with Crippen molar-refractivity contribution < 1.29 is 10.0 Å². The molecule has 0 radical (unpaired) electrons. The third-order valence-corrected chi connectivity index (χ3v) is 4.38. The number of nitro groups is 1. The minimum Gasteiger partial charge on any atom is -0.383 e. The molecule has 120 valence electrons. The molecule has 2 aromatic rings. The van der Waals surface area contributed by atoms with Gasteiger partial charge in [0.1, 0.15) is 17.6 Å². The highest BCUT2D eigenvalue weighted by Gasteiger charge is 2.34. The van der Waals surface area contributed by atoms with Crippen LogP contribution in [0.4, 0.5) is 11.5 Å². The van der Waals surface area contributed by atoms with E-state index in [4.69, 9.17) is 0 Å². The van der Waals surface area contributed by atoms with Crippen molar-refractivity contribution in [3.63, 3.8) is 0 Å². The minimum absolute atomic E-state index is 0.0326. The summed E-state index contributed by atoms with van der Waals surface area (Å²) in [6, 6.07) is 9.42. The maximum absolute atomic E-state index is 11.0. The molecular formula is C17H19N3O3. The van der Waals surface area contributed by atoms with Crippen LogP contribution in [0.15, 0.2) is 36.5 Å². The molecule has 23 heavy (non-hydrogen) atoms. The first-order chi connectivity index (χ1) is 11.0. The van der Waals surface area contributed by atoms with Crippen LogP contribution in [-0.2, 0) is 12.0 Å². The first-order valence-corrected chi connectivity index (χ1v) is 7.65. The molecule has 1 aromatic heterocycles. The Kier molecular flexibility index (Phi) is 4.00. The SMILES string of the molecule is Cc1cc([N+](=O)[O-])cnc1NCC1(O)CCCc2ccccc21. The second-order valence-corrected chi connectivity index (χ2v) is 6.01. The van der Waals surface area contributed by atoms with E-state index in [-0.39, 0.29) is 5.69 Å². The topological polar surface area (TPSA) is 88.3 Å². The van der Waals surface area contributed by atoms with Crippen LogP contribution in [0.3, 0.4) is 0 Å². The second-order valence-electron chi connectivity index (χ2n) is 6.01. The average Bonchev–Trinajstić information content (AvgIpc) is 2.54. The van der Waals surface area contributed by atoms with Gasteiger partial charge < -0.3 is 10.4 Å². The molecule has 6 nitrogen and oxygen atoms in total. The van der Waals surface area contributed by atoms with E-state index in [0.29, 0.717) is 24.3 Å². The van der Waals surface area contributed by atoms with Crippen molar-refractivity contribution in [2.45, 2.75) is 31.8 Å². The maximum atomic E-state index is 11.0. The molecule has 0 bridgehead atoms. The molecule has 1 unspecified atom stereocenters. The van der Waals surface area contributed by atoms with E-state index in [1.807, 2.05) is 18.2 Å². The van der Waals surface area contributed by atoms with Crippen LogP contribution < -0.4 is 5.32 Å². The Labute approximate surface area is 134 Å². The molecule has 3 rings (SSSR count). The van der Waals surface area contributed by atoms with Crippen molar-refractivity contribution in [2.75, 3.05) is 11.9 Å². The lowest BCUT2D eigenvalue weighted by Gasteiger charge is -2.35. The molecule has 0 aliphatic heterocycles. The Balaban J connectivity index is 1.80. The van der Waals surface area contributed by atoms with E-state index >= 15 is 0 Å². The van der Waals surface area contributed by atoms with E-state index in [1.54, 1.807) is 6.92 Å². The smallest absolute Gasteiger partial charge is 0.287 e. The zero-order chi connectivity index (χ0) is 16.4. The Morgan fingerprint density at radius 2 is 2.22 bits per heavy atom. The molecule has 0 saturated carbocycles. The van der Waals surface area contributed by atoms with Gasteiger partial charge in [-0.15, -0.1) is 0 Å². The lowest BCUT2D eigenvalue weighted by Crippen LogP contribution is -2.37. The number of nitrogens with zero attached hydrogens (tertiary/aromatic N) is 2. The maximum Gasteiger partial charge on any atom is 0.287 e. The summed E-state index contributed by atoms with van der Waals surface area (Å²) >= 11 is 0. The molecule has 2 N–H and O–H groups in total. The molecule has 6 heteroatoms. The van der Waals surface area contributed by atoms with Gasteiger partial charge in [0.25, 0.3) is 5.69 Å². The van der Waals surface area contributed by atoms with Gasteiger partial charge in [0.2, 0.25) is 0 Å². The standard InChI is InChI=1S/C17H19N3O3/c1-12-9-14(20(22)23)10-18-16(12)19-11-17(21)8-4-6-13-5-2-3-7-15(13)17/h2-3,5,7,9-10,21H,4,6,8,11H2,1H3,(H,18,19). The summed E-state index contributed by atoms with van der Waals surface area (Å²) in [7, 11) is 0. The summed E-state index contributed by atoms with van der Waals surface area (Å²) in [6.07, 6.45) is 3.83. The zero-order valence-electron chi connectivity index (χ0n) is 13.0. The molecule has 0 fully saturated rings. The molecule has 1 atom stereocenters. The average molecular weight is 313 g/mol. The Hall–Kier alpha value is -2.47. The predicted octanol–water partition coefficient (Wildman–Crippen LogP) is 2.93. The Bertz CT molecular complexity index is 748. The number of pyridine rings is 1. The van der Waals surface area contributed by atoms with Crippen molar-refractivity contribution in [1.82, 2.24) is 4.98 Å². The highest BCUT2D eigenvalue weighted by molar-refractivity contribution is 5.49. The lowest BCUT2D eigenvalue weighted by molar-refractivity contribution is -0.385. The molecule has 1 aliphatic carbocycles. The van der Waals surface area contributed by atoms with Gasteiger partial charge in [-0.2, -0.15) is 0 Å². The van der Waals surface area contributed by atoms with Crippen LogP contribution in [0.25, 0.3) is 0 Å². The van der Waals surface area contributed by atoms with Gasteiger partial charge in [0, 0.05) is 12.6 Å². The lowest BCUT2D eigenvalue weighted by atomic mass is 9.79. The van der Waals surface area contributed by atoms with Gasteiger partial charge in [-0.05, 0) is 42.9 Å². The van der Waals surface area contributed by atoms with Crippen LogP contribution in [0.5, 0.6) is 0 Å². The fourth-order valence-corrected chi connectivity index (χ4v) is 3.16. The summed E-state index contributed by atoms with van der Waals surface area (Å²) in [6.45, 7) is 2.09. The van der Waals surface area contributed by atoms with Gasteiger partial charge in [0.15, 0.2) is 0 Å². The fourth-order valence-electron chi connectivity index (χ4n) is 3.16. The largest absolute Gasteiger partial charge is 0.383 e. The summed E-state index contributed by atoms with van der Waals surface area (Å²) in [5, 5.41) is 24.9. The number of aromatic nitrogens is 1. The summed E-state index contributed by atoms with van der Waals surface area (Å²) in [5.41, 5.74) is 1.85. The zero-order valence-corrected chi connectivity index (χ0v) is 13.0. The monoisotopic (exact) mass is 313 g/mol. The highest BCUT2D eigenvalue weighted by Crippen LogP contribution is 2.35. The predicted molar refractivity (Wildman–Crippen MR) is 87.4 cm³/mol. The summed E-state index contributed by atoms with van der Waals surface area (Å²) in [5.74, 6) is 0.562. The van der Waals surface area contributed by atoms with Crippen LogP contribution in [0.1, 0.15) is 29.5 Å². The number of hydrogen-bond acceptors (Lipinski definition) is 5. The molecule has 0 saturated heterocycles. The van der Waals surface area contributed by atoms with Gasteiger partial charge in [-0.3, -0.25) is 10.1 Å². The number of aryl methyl sites for hydroxylation is 2. The Morgan fingerprint density at radius 1 is 1.43 bits per heavy atom. The van der Waals surface area contributed by atoms with E-state index < -0.39 is 10.5 Å². The number of aliphatic hydroxyl groups is 1. The molecular weight excluding hydrogens is 294 g/mol. The first kappa shape index (κ1) is 15.4. The van der Waals surface area contributed by atoms with E-state index in [2.05, 4.69) is 16.4 Å². The molecule has 1 aliphatic rings. The van der Waals surface area contributed by atoms with Crippen LogP contribution in [0.2, 0.25) is 0 Å². The molecule has 0 amide bonds. The van der Waals surface area contributed by atoms with Crippen molar-refractivity contribution in [2.24, 2.45) is 0 Å². The number of anilines is 1. The van der Waals surface area contributed by atoms with Gasteiger partial charge in [-0.25, -0.2) is 4.98 Å². The number of rotatable bonds is 4. The van der Waals surface area contributed by atoms with Crippen molar-refractivity contribution in [3.8, 4) is 0 Å². The summed E-state index contributed by atoms with van der Waals surface area (Å²) in [4.78, 5) is 14.4. The minimum atomic E-state index is -0.940. The van der Waals surface area contributed by atoms with Crippen LogP contribution in [-0.4, -0.2) is 21.6 Å². The van der Waals surface area contributed by atoms with Gasteiger partial charge in [-0.1, -0.05) is 24.3 Å². The van der Waals surface area contributed by atoms with Crippen LogP contribution >= 0.6 is 0 Å². The third-order valence-electron chi connectivity index (χ3n) is 4.38. The van der Waals surface area contributed by atoms with Crippen molar-refractivity contribution in [3.05, 3.63) is 63.3 Å². The number of fused-ring (bicyclic) bond motifs is 1. The van der Waals surface area contributed by atoms with E-state index in [0.717, 1.165) is 18.4 Å². The van der Waals surface area contributed by atoms with E-state index in [9.17, 15) is 15.2 Å². The number of benzene rings is 1. The summed E-state index contributed by atoms with van der Waals surface area (Å²) < 4.78 is 0. The van der Waals surface area contributed by atoms with Gasteiger partial charge >= 0.3 is 0 Å². The van der Waals surface area contributed by atoms with Gasteiger partial charge in [0.05, 0.1) is 4.92 Å². The normalized spacial score (nSPS) is 19.9. The highest BCUT2D eigenvalue weighted by atomic mass is 16.6.